The standard InChI is InChI=1S/C19H27N3O2/c1-14-5-7-15(8-6-14)20-17(23)22-11-9-19(10-12-22)13-16(21-24-19)18(2,3)4/h5-8H,9-13H2,1-4H3,(H,20,23). The molecule has 0 bridgehead atoms. The fourth-order valence-corrected chi connectivity index (χ4v) is 3.15. The summed E-state index contributed by atoms with van der Waals surface area (Å²) < 4.78 is 0. The zero-order valence-corrected chi connectivity index (χ0v) is 15.1. The van der Waals surface area contributed by atoms with Crippen LogP contribution in [0.3, 0.4) is 0 Å². The summed E-state index contributed by atoms with van der Waals surface area (Å²) in [6, 6.07) is 7.82. The van der Waals surface area contributed by atoms with Crippen molar-refractivity contribution in [2.24, 2.45) is 10.6 Å². The van der Waals surface area contributed by atoms with Crippen molar-refractivity contribution in [1.29, 1.82) is 0 Å². The Hall–Kier alpha value is -2.04. The first-order chi connectivity index (χ1) is 11.3. The predicted octanol–water partition coefficient (Wildman–Crippen LogP) is 4.18. The number of carbonyl (C=O) groups is 1. The van der Waals surface area contributed by atoms with Crippen LogP contribution < -0.4 is 5.32 Å². The third-order valence-corrected chi connectivity index (χ3v) is 4.97. The highest BCUT2D eigenvalue weighted by Gasteiger charge is 2.45. The number of oxime groups is 1. The lowest BCUT2D eigenvalue weighted by Gasteiger charge is -2.37. The van der Waals surface area contributed by atoms with Gasteiger partial charge in [-0.1, -0.05) is 43.6 Å². The maximum atomic E-state index is 12.4. The average Bonchev–Trinajstić information content (AvgIpc) is 2.94. The van der Waals surface area contributed by atoms with E-state index in [-0.39, 0.29) is 17.0 Å². The third-order valence-electron chi connectivity index (χ3n) is 4.97. The first kappa shape index (κ1) is 16.8. The van der Waals surface area contributed by atoms with Gasteiger partial charge < -0.3 is 15.1 Å². The van der Waals surface area contributed by atoms with Gasteiger partial charge in [0.15, 0.2) is 0 Å². The zero-order valence-electron chi connectivity index (χ0n) is 15.1. The Labute approximate surface area is 144 Å². The van der Waals surface area contributed by atoms with E-state index in [1.54, 1.807) is 0 Å². The number of piperidine rings is 1. The minimum absolute atomic E-state index is 0.0383. The van der Waals surface area contributed by atoms with E-state index >= 15 is 0 Å². The van der Waals surface area contributed by atoms with E-state index in [9.17, 15) is 4.79 Å². The number of anilines is 1. The van der Waals surface area contributed by atoms with Gasteiger partial charge in [0.05, 0.1) is 5.71 Å². The summed E-state index contributed by atoms with van der Waals surface area (Å²) in [7, 11) is 0. The molecule has 2 amide bonds. The largest absolute Gasteiger partial charge is 0.389 e. The summed E-state index contributed by atoms with van der Waals surface area (Å²) in [4.78, 5) is 20.1. The number of nitrogens with zero attached hydrogens (tertiary/aromatic N) is 2. The van der Waals surface area contributed by atoms with Crippen LogP contribution in [0.5, 0.6) is 0 Å². The molecule has 1 aromatic rings. The Balaban J connectivity index is 1.54. The molecule has 0 atom stereocenters. The molecule has 2 aliphatic rings. The van der Waals surface area contributed by atoms with Gasteiger partial charge >= 0.3 is 6.03 Å². The molecule has 0 radical (unpaired) electrons. The molecule has 1 spiro atoms. The molecule has 0 unspecified atom stereocenters. The summed E-state index contributed by atoms with van der Waals surface area (Å²) in [5.41, 5.74) is 2.98. The van der Waals surface area contributed by atoms with Gasteiger partial charge in [0.2, 0.25) is 0 Å². The van der Waals surface area contributed by atoms with Crippen LogP contribution in [0.4, 0.5) is 10.5 Å². The summed E-state index contributed by atoms with van der Waals surface area (Å²) in [6.07, 6.45) is 2.54. The Morgan fingerprint density at radius 3 is 2.38 bits per heavy atom. The highest BCUT2D eigenvalue weighted by Crippen LogP contribution is 2.38. The van der Waals surface area contributed by atoms with E-state index in [1.165, 1.54) is 5.56 Å². The molecule has 0 aromatic heterocycles. The molecular formula is C19H27N3O2. The molecule has 5 nitrogen and oxygen atoms in total. The monoisotopic (exact) mass is 329 g/mol. The average molecular weight is 329 g/mol. The van der Waals surface area contributed by atoms with Crippen LogP contribution in [-0.2, 0) is 4.84 Å². The Morgan fingerprint density at radius 2 is 1.83 bits per heavy atom. The lowest BCUT2D eigenvalue weighted by molar-refractivity contribution is -0.0544. The molecule has 130 valence electrons. The van der Waals surface area contributed by atoms with E-state index < -0.39 is 0 Å². The summed E-state index contributed by atoms with van der Waals surface area (Å²) in [5, 5.41) is 7.30. The highest BCUT2D eigenvalue weighted by molar-refractivity contribution is 5.91. The number of carbonyl (C=O) groups excluding carboxylic acids is 1. The molecule has 0 aliphatic carbocycles. The van der Waals surface area contributed by atoms with Gasteiger partial charge in [-0.3, -0.25) is 0 Å². The molecule has 1 saturated heterocycles. The molecule has 24 heavy (non-hydrogen) atoms. The first-order valence-electron chi connectivity index (χ1n) is 8.66. The fourth-order valence-electron chi connectivity index (χ4n) is 3.15. The maximum Gasteiger partial charge on any atom is 0.321 e. The molecule has 1 N–H and O–H groups in total. The fraction of sp³-hybridized carbons (Fsp3) is 0.579. The second-order valence-electron chi connectivity index (χ2n) is 8.02. The predicted molar refractivity (Wildman–Crippen MR) is 96.3 cm³/mol. The molecule has 0 saturated carbocycles. The first-order valence-corrected chi connectivity index (χ1v) is 8.66. The van der Waals surface area contributed by atoms with Crippen LogP contribution >= 0.6 is 0 Å². The van der Waals surface area contributed by atoms with Crippen molar-refractivity contribution in [1.82, 2.24) is 4.90 Å². The Morgan fingerprint density at radius 1 is 1.21 bits per heavy atom. The Bertz CT molecular complexity index is 636. The maximum absolute atomic E-state index is 12.4. The van der Waals surface area contributed by atoms with E-state index in [0.717, 1.165) is 30.7 Å². The highest BCUT2D eigenvalue weighted by atomic mass is 16.7. The smallest absolute Gasteiger partial charge is 0.321 e. The number of urea groups is 1. The number of nitrogens with one attached hydrogen (secondary N) is 1. The van der Waals surface area contributed by atoms with E-state index in [1.807, 2.05) is 36.1 Å². The molecular weight excluding hydrogens is 302 g/mol. The number of benzene rings is 1. The van der Waals surface area contributed by atoms with Crippen LogP contribution in [0.2, 0.25) is 0 Å². The molecule has 1 fully saturated rings. The summed E-state index contributed by atoms with van der Waals surface area (Å²) >= 11 is 0. The van der Waals surface area contributed by atoms with Crippen LogP contribution in [0.1, 0.15) is 45.6 Å². The van der Waals surface area contributed by atoms with E-state index in [4.69, 9.17) is 4.84 Å². The molecule has 3 rings (SSSR count). The van der Waals surface area contributed by atoms with Gasteiger partial charge in [0.1, 0.15) is 5.60 Å². The van der Waals surface area contributed by atoms with Gasteiger partial charge in [-0.2, -0.15) is 0 Å². The van der Waals surface area contributed by atoms with Gasteiger partial charge in [-0.05, 0) is 19.1 Å². The van der Waals surface area contributed by atoms with Crippen LogP contribution in [-0.4, -0.2) is 35.3 Å². The number of aryl methyl sites for hydroxylation is 1. The van der Waals surface area contributed by atoms with Crippen molar-refractivity contribution in [2.45, 2.75) is 52.6 Å². The van der Waals surface area contributed by atoms with Crippen molar-refractivity contribution in [2.75, 3.05) is 18.4 Å². The number of rotatable bonds is 1. The van der Waals surface area contributed by atoms with Gasteiger partial charge in [0, 0.05) is 43.5 Å². The van der Waals surface area contributed by atoms with Crippen LogP contribution in [0.15, 0.2) is 29.4 Å². The minimum Gasteiger partial charge on any atom is -0.389 e. The Kier molecular flexibility index (Phi) is 4.28. The molecule has 2 heterocycles. The lowest BCUT2D eigenvalue weighted by Crippen LogP contribution is -2.48. The second-order valence-corrected chi connectivity index (χ2v) is 8.02. The van der Waals surface area contributed by atoms with Crippen molar-refractivity contribution >= 4 is 17.4 Å². The quantitative estimate of drug-likeness (QED) is 0.840. The summed E-state index contributed by atoms with van der Waals surface area (Å²) in [5.74, 6) is 0. The van der Waals surface area contributed by atoms with E-state index in [0.29, 0.717) is 13.1 Å². The lowest BCUT2D eigenvalue weighted by atomic mass is 9.79. The number of amides is 2. The number of hydrogen-bond donors (Lipinski definition) is 1. The topological polar surface area (TPSA) is 53.9 Å². The van der Waals surface area contributed by atoms with Crippen molar-refractivity contribution in [3.63, 3.8) is 0 Å². The number of hydrogen-bond acceptors (Lipinski definition) is 3. The van der Waals surface area contributed by atoms with Crippen LogP contribution in [0, 0.1) is 12.3 Å². The van der Waals surface area contributed by atoms with Gasteiger partial charge in [0.25, 0.3) is 0 Å². The van der Waals surface area contributed by atoms with Crippen molar-refractivity contribution in [3.8, 4) is 0 Å². The number of likely N-dealkylation sites (tertiary alicyclic amines) is 1. The van der Waals surface area contributed by atoms with Crippen LogP contribution in [0.25, 0.3) is 0 Å². The summed E-state index contributed by atoms with van der Waals surface area (Å²) in [6.45, 7) is 9.93. The second kappa shape index (κ2) is 6.11. The minimum atomic E-state index is -0.205. The van der Waals surface area contributed by atoms with Crippen molar-refractivity contribution in [3.05, 3.63) is 29.8 Å². The van der Waals surface area contributed by atoms with Gasteiger partial charge in [-0.25, -0.2) is 4.79 Å². The third kappa shape index (κ3) is 3.55. The normalized spacial score (nSPS) is 19.8. The molecule has 2 aliphatic heterocycles. The molecule has 1 aromatic carbocycles. The molecule has 5 heteroatoms. The SMILES string of the molecule is Cc1ccc(NC(=O)N2CCC3(CC2)CC(C(C)(C)C)=NO3)cc1. The zero-order chi connectivity index (χ0) is 17.4. The van der Waals surface area contributed by atoms with E-state index in [2.05, 4.69) is 31.2 Å². The van der Waals surface area contributed by atoms with Gasteiger partial charge in [-0.15, -0.1) is 0 Å². The van der Waals surface area contributed by atoms with Crippen molar-refractivity contribution < 1.29 is 9.63 Å².